The van der Waals surface area contributed by atoms with Crippen LogP contribution in [0.3, 0.4) is 0 Å². The summed E-state index contributed by atoms with van der Waals surface area (Å²) in [6.45, 7) is 5.97. The zero-order valence-corrected chi connectivity index (χ0v) is 8.75. The molecule has 4 heteroatoms. The lowest BCUT2D eigenvalue weighted by Gasteiger charge is -2.24. The molecule has 0 aromatic rings. The Hall–Kier alpha value is -0.610. The Morgan fingerprint density at radius 2 is 2.15 bits per heavy atom. The Bertz CT molecular complexity index is 149. The highest BCUT2D eigenvalue weighted by Crippen LogP contribution is 1.99. The molecular formula is C9H20N2O2. The van der Waals surface area contributed by atoms with Crippen LogP contribution >= 0.6 is 0 Å². The van der Waals surface area contributed by atoms with E-state index in [0.29, 0.717) is 19.1 Å². The Morgan fingerprint density at radius 3 is 2.54 bits per heavy atom. The van der Waals surface area contributed by atoms with Gasteiger partial charge in [0.05, 0.1) is 13.7 Å². The van der Waals surface area contributed by atoms with Crippen LogP contribution in [0, 0.1) is 0 Å². The van der Waals surface area contributed by atoms with Gasteiger partial charge in [-0.2, -0.15) is 0 Å². The molecule has 0 fully saturated rings. The monoisotopic (exact) mass is 188 g/mol. The van der Waals surface area contributed by atoms with Crippen LogP contribution < -0.4 is 5.73 Å². The van der Waals surface area contributed by atoms with E-state index in [2.05, 4.69) is 23.5 Å². The fourth-order valence-corrected chi connectivity index (χ4v) is 1.04. The van der Waals surface area contributed by atoms with Crippen molar-refractivity contribution in [3.63, 3.8) is 0 Å². The molecule has 0 atom stereocenters. The van der Waals surface area contributed by atoms with E-state index in [0.717, 1.165) is 13.0 Å². The normalized spacial score (nSPS) is 10.9. The molecule has 0 bridgehead atoms. The van der Waals surface area contributed by atoms with Gasteiger partial charge in [0.1, 0.15) is 0 Å². The molecule has 0 spiro atoms. The van der Waals surface area contributed by atoms with Crippen molar-refractivity contribution in [1.82, 2.24) is 4.90 Å². The second-order valence-electron chi connectivity index (χ2n) is 3.28. The molecule has 0 rings (SSSR count). The molecule has 0 aliphatic carbocycles. The van der Waals surface area contributed by atoms with E-state index in [1.807, 2.05) is 0 Å². The summed E-state index contributed by atoms with van der Waals surface area (Å²) in [5.74, 6) is -0.189. The van der Waals surface area contributed by atoms with Crippen LogP contribution in [0.2, 0.25) is 0 Å². The number of nitrogens with zero attached hydrogens (tertiary/aromatic N) is 1. The molecule has 0 saturated carbocycles. The number of rotatable bonds is 6. The molecule has 0 aliphatic heterocycles. The second-order valence-corrected chi connectivity index (χ2v) is 3.28. The van der Waals surface area contributed by atoms with Gasteiger partial charge >= 0.3 is 5.97 Å². The SMILES string of the molecule is COC(=O)CN(CCCN)C(C)C. The van der Waals surface area contributed by atoms with Crippen molar-refractivity contribution in [2.45, 2.75) is 26.3 Å². The lowest BCUT2D eigenvalue weighted by Crippen LogP contribution is -2.37. The molecule has 4 nitrogen and oxygen atoms in total. The summed E-state index contributed by atoms with van der Waals surface area (Å²) >= 11 is 0. The summed E-state index contributed by atoms with van der Waals surface area (Å²) in [7, 11) is 1.41. The van der Waals surface area contributed by atoms with Crippen molar-refractivity contribution >= 4 is 5.97 Å². The first-order valence-corrected chi connectivity index (χ1v) is 4.62. The number of carbonyl (C=O) groups excluding carboxylic acids is 1. The van der Waals surface area contributed by atoms with Crippen molar-refractivity contribution in [3.8, 4) is 0 Å². The van der Waals surface area contributed by atoms with Crippen LogP contribution in [0.25, 0.3) is 0 Å². The highest BCUT2D eigenvalue weighted by atomic mass is 16.5. The van der Waals surface area contributed by atoms with Crippen molar-refractivity contribution in [3.05, 3.63) is 0 Å². The van der Waals surface area contributed by atoms with Crippen LogP contribution in [-0.4, -0.2) is 43.7 Å². The minimum atomic E-state index is -0.189. The Labute approximate surface area is 80.0 Å². The third-order valence-electron chi connectivity index (χ3n) is 1.94. The van der Waals surface area contributed by atoms with Crippen molar-refractivity contribution in [2.24, 2.45) is 5.73 Å². The molecule has 0 unspecified atom stereocenters. The van der Waals surface area contributed by atoms with Gasteiger partial charge in [0.25, 0.3) is 0 Å². The van der Waals surface area contributed by atoms with Crippen molar-refractivity contribution in [2.75, 3.05) is 26.7 Å². The van der Waals surface area contributed by atoms with E-state index >= 15 is 0 Å². The van der Waals surface area contributed by atoms with E-state index in [4.69, 9.17) is 5.73 Å². The predicted octanol–water partition coefficient (Wildman–Crippen LogP) is 0.219. The van der Waals surface area contributed by atoms with E-state index in [-0.39, 0.29) is 5.97 Å². The fraction of sp³-hybridized carbons (Fsp3) is 0.889. The maximum Gasteiger partial charge on any atom is 0.319 e. The average molecular weight is 188 g/mol. The molecular weight excluding hydrogens is 168 g/mol. The first kappa shape index (κ1) is 12.4. The molecule has 0 aliphatic rings. The number of carbonyl (C=O) groups is 1. The smallest absolute Gasteiger partial charge is 0.319 e. The molecule has 0 saturated heterocycles. The van der Waals surface area contributed by atoms with E-state index in [1.54, 1.807) is 0 Å². The van der Waals surface area contributed by atoms with Crippen LogP contribution in [-0.2, 0) is 9.53 Å². The van der Waals surface area contributed by atoms with E-state index < -0.39 is 0 Å². The summed E-state index contributed by atoms with van der Waals surface area (Å²) in [4.78, 5) is 13.0. The molecule has 0 heterocycles. The number of ether oxygens (including phenoxy) is 1. The number of hydrogen-bond donors (Lipinski definition) is 1. The second kappa shape index (κ2) is 6.86. The quantitative estimate of drug-likeness (QED) is 0.606. The van der Waals surface area contributed by atoms with Crippen LogP contribution in [0.1, 0.15) is 20.3 Å². The fourth-order valence-electron chi connectivity index (χ4n) is 1.04. The van der Waals surface area contributed by atoms with Gasteiger partial charge in [0, 0.05) is 12.6 Å². The number of nitrogens with two attached hydrogens (primary N) is 1. The van der Waals surface area contributed by atoms with Crippen LogP contribution in [0.4, 0.5) is 0 Å². The third-order valence-corrected chi connectivity index (χ3v) is 1.94. The number of hydrogen-bond acceptors (Lipinski definition) is 4. The molecule has 0 aromatic carbocycles. The van der Waals surface area contributed by atoms with Crippen LogP contribution in [0.15, 0.2) is 0 Å². The zero-order chi connectivity index (χ0) is 10.3. The lowest BCUT2D eigenvalue weighted by atomic mass is 10.3. The molecule has 2 N–H and O–H groups in total. The Kier molecular flexibility index (Phi) is 6.54. The van der Waals surface area contributed by atoms with Crippen LogP contribution in [0.5, 0.6) is 0 Å². The summed E-state index contributed by atoms with van der Waals surface area (Å²) in [6.07, 6.45) is 0.912. The van der Waals surface area contributed by atoms with E-state index in [1.165, 1.54) is 7.11 Å². The lowest BCUT2D eigenvalue weighted by molar-refractivity contribution is -0.142. The van der Waals surface area contributed by atoms with Gasteiger partial charge in [-0.3, -0.25) is 9.69 Å². The van der Waals surface area contributed by atoms with Crippen molar-refractivity contribution in [1.29, 1.82) is 0 Å². The Balaban J connectivity index is 3.87. The maximum absolute atomic E-state index is 11.0. The van der Waals surface area contributed by atoms with Gasteiger partial charge in [0.15, 0.2) is 0 Å². The van der Waals surface area contributed by atoms with Crippen molar-refractivity contribution < 1.29 is 9.53 Å². The molecule has 78 valence electrons. The zero-order valence-electron chi connectivity index (χ0n) is 8.75. The number of esters is 1. The van der Waals surface area contributed by atoms with Gasteiger partial charge in [-0.25, -0.2) is 0 Å². The minimum Gasteiger partial charge on any atom is -0.468 e. The third kappa shape index (κ3) is 5.60. The summed E-state index contributed by atoms with van der Waals surface area (Å²) in [6, 6.07) is 0.352. The molecule has 0 radical (unpaired) electrons. The highest BCUT2D eigenvalue weighted by molar-refractivity contribution is 5.71. The van der Waals surface area contributed by atoms with Gasteiger partial charge in [-0.1, -0.05) is 0 Å². The largest absolute Gasteiger partial charge is 0.468 e. The van der Waals surface area contributed by atoms with Gasteiger partial charge in [0.2, 0.25) is 0 Å². The van der Waals surface area contributed by atoms with Gasteiger partial charge in [-0.15, -0.1) is 0 Å². The highest BCUT2D eigenvalue weighted by Gasteiger charge is 2.12. The van der Waals surface area contributed by atoms with Gasteiger partial charge < -0.3 is 10.5 Å². The molecule has 0 aromatic heterocycles. The predicted molar refractivity (Wildman–Crippen MR) is 52.4 cm³/mol. The number of methoxy groups -OCH3 is 1. The summed E-state index contributed by atoms with van der Waals surface area (Å²) < 4.78 is 4.60. The standard InChI is InChI=1S/C9H20N2O2/c1-8(2)11(6-4-5-10)7-9(12)13-3/h8H,4-7,10H2,1-3H3. The first-order valence-electron chi connectivity index (χ1n) is 4.62. The van der Waals surface area contributed by atoms with E-state index in [9.17, 15) is 4.79 Å². The maximum atomic E-state index is 11.0. The topological polar surface area (TPSA) is 55.6 Å². The summed E-state index contributed by atoms with van der Waals surface area (Å²) in [5, 5.41) is 0. The molecule has 0 amide bonds. The van der Waals surface area contributed by atoms with Gasteiger partial charge in [-0.05, 0) is 26.8 Å². The first-order chi connectivity index (χ1) is 6.11. The molecule has 13 heavy (non-hydrogen) atoms. The summed E-state index contributed by atoms with van der Waals surface area (Å²) in [5.41, 5.74) is 5.40. The average Bonchev–Trinajstić information content (AvgIpc) is 2.11. The minimum absolute atomic E-state index is 0.189. The Morgan fingerprint density at radius 1 is 1.54 bits per heavy atom.